The van der Waals surface area contributed by atoms with Crippen molar-refractivity contribution in [1.29, 1.82) is 0 Å². The number of nitrogen functional groups attached to an aromatic ring is 1. The Bertz CT molecular complexity index is 716. The standard InChI is InChI=1S/C14H11ClFN3O2/c15-7-2-1-3-8(16)14(7)19-10-5-11-12(4-9(10)17)21-6-13(20)18-11/h1-5,19H,6,17H2,(H,18,20). The van der Waals surface area contributed by atoms with Crippen molar-refractivity contribution in [2.24, 2.45) is 0 Å². The first kappa shape index (κ1) is 13.5. The lowest BCUT2D eigenvalue weighted by atomic mass is 10.2. The van der Waals surface area contributed by atoms with Crippen LogP contribution in [0.25, 0.3) is 0 Å². The fraction of sp³-hybridized carbons (Fsp3) is 0.0714. The fourth-order valence-electron chi connectivity index (χ4n) is 2.00. The highest BCUT2D eigenvalue weighted by Gasteiger charge is 2.18. The Morgan fingerprint density at radius 1 is 1.38 bits per heavy atom. The van der Waals surface area contributed by atoms with Crippen LogP contribution in [0.2, 0.25) is 5.02 Å². The highest BCUT2D eigenvalue weighted by molar-refractivity contribution is 6.33. The largest absolute Gasteiger partial charge is 0.482 e. The Hall–Kier alpha value is -2.47. The average molecular weight is 308 g/mol. The van der Waals surface area contributed by atoms with Gasteiger partial charge in [0.25, 0.3) is 5.91 Å². The molecule has 0 saturated heterocycles. The number of ether oxygens (including phenoxy) is 1. The molecule has 0 aromatic heterocycles. The Labute approximate surface area is 124 Å². The molecule has 2 aromatic carbocycles. The van der Waals surface area contributed by atoms with Crippen LogP contribution in [0.5, 0.6) is 5.75 Å². The minimum absolute atomic E-state index is 0.0572. The van der Waals surface area contributed by atoms with E-state index in [0.717, 1.165) is 0 Å². The fourth-order valence-corrected chi connectivity index (χ4v) is 2.21. The minimum atomic E-state index is -0.500. The lowest BCUT2D eigenvalue weighted by Gasteiger charge is -2.20. The average Bonchev–Trinajstić information content (AvgIpc) is 2.44. The number of nitrogens with one attached hydrogen (secondary N) is 2. The van der Waals surface area contributed by atoms with E-state index in [-0.39, 0.29) is 23.2 Å². The lowest BCUT2D eigenvalue weighted by Crippen LogP contribution is -2.25. The van der Waals surface area contributed by atoms with Crippen molar-refractivity contribution >= 4 is 40.3 Å². The third-order valence-electron chi connectivity index (χ3n) is 3.01. The van der Waals surface area contributed by atoms with Crippen molar-refractivity contribution in [1.82, 2.24) is 0 Å². The van der Waals surface area contributed by atoms with Gasteiger partial charge in [0.05, 0.1) is 27.8 Å². The first-order valence-electron chi connectivity index (χ1n) is 6.12. The summed E-state index contributed by atoms with van der Waals surface area (Å²) in [5, 5.41) is 5.72. The third-order valence-corrected chi connectivity index (χ3v) is 3.32. The first-order chi connectivity index (χ1) is 10.0. The second kappa shape index (κ2) is 5.14. The molecule has 3 rings (SSSR count). The van der Waals surface area contributed by atoms with E-state index in [2.05, 4.69) is 10.6 Å². The zero-order valence-corrected chi connectivity index (χ0v) is 11.5. The minimum Gasteiger partial charge on any atom is -0.482 e. The summed E-state index contributed by atoms with van der Waals surface area (Å²) < 4.78 is 19.0. The topological polar surface area (TPSA) is 76.4 Å². The number of fused-ring (bicyclic) bond motifs is 1. The maximum absolute atomic E-state index is 13.8. The third kappa shape index (κ3) is 2.57. The highest BCUT2D eigenvalue weighted by Crippen LogP contribution is 2.38. The molecule has 1 aliphatic heterocycles. The summed E-state index contributed by atoms with van der Waals surface area (Å²) >= 11 is 5.96. The molecule has 1 amide bonds. The van der Waals surface area contributed by atoms with Gasteiger partial charge in [0.1, 0.15) is 11.6 Å². The number of benzene rings is 2. The summed E-state index contributed by atoms with van der Waals surface area (Å²) in [4.78, 5) is 11.3. The molecule has 0 bridgehead atoms. The van der Waals surface area contributed by atoms with Crippen LogP contribution >= 0.6 is 11.6 Å². The van der Waals surface area contributed by atoms with Crippen molar-refractivity contribution < 1.29 is 13.9 Å². The van der Waals surface area contributed by atoms with Crippen molar-refractivity contribution in [3.8, 4) is 5.75 Å². The molecule has 108 valence electrons. The molecule has 21 heavy (non-hydrogen) atoms. The quantitative estimate of drug-likeness (QED) is 0.745. The molecule has 1 aliphatic rings. The number of carbonyl (C=O) groups excluding carboxylic acids is 1. The van der Waals surface area contributed by atoms with Gasteiger partial charge in [0, 0.05) is 6.07 Å². The molecule has 5 nitrogen and oxygen atoms in total. The number of hydrogen-bond donors (Lipinski definition) is 3. The Kier molecular flexibility index (Phi) is 3.31. The van der Waals surface area contributed by atoms with Gasteiger partial charge < -0.3 is 21.1 Å². The zero-order chi connectivity index (χ0) is 15.0. The SMILES string of the molecule is Nc1cc2c(cc1Nc1c(F)cccc1Cl)NC(=O)CO2. The van der Waals surface area contributed by atoms with Crippen LogP contribution in [-0.2, 0) is 4.79 Å². The van der Waals surface area contributed by atoms with Crippen LogP contribution in [-0.4, -0.2) is 12.5 Å². The number of nitrogens with two attached hydrogens (primary N) is 1. The van der Waals surface area contributed by atoms with E-state index in [4.69, 9.17) is 22.1 Å². The van der Waals surface area contributed by atoms with Crippen LogP contribution in [0.4, 0.5) is 27.1 Å². The van der Waals surface area contributed by atoms with Crippen molar-refractivity contribution in [3.05, 3.63) is 41.2 Å². The summed E-state index contributed by atoms with van der Waals surface area (Å²) in [6.45, 7) is -0.0572. The molecule has 0 unspecified atom stereocenters. The van der Waals surface area contributed by atoms with Crippen LogP contribution in [0.1, 0.15) is 0 Å². The van der Waals surface area contributed by atoms with E-state index in [0.29, 0.717) is 22.8 Å². The Morgan fingerprint density at radius 3 is 2.95 bits per heavy atom. The number of anilines is 4. The van der Waals surface area contributed by atoms with Gasteiger partial charge in [-0.05, 0) is 18.2 Å². The number of rotatable bonds is 2. The van der Waals surface area contributed by atoms with Gasteiger partial charge in [-0.3, -0.25) is 4.79 Å². The molecule has 0 fully saturated rings. The molecule has 4 N–H and O–H groups in total. The van der Waals surface area contributed by atoms with E-state index < -0.39 is 5.82 Å². The number of carbonyl (C=O) groups is 1. The zero-order valence-electron chi connectivity index (χ0n) is 10.7. The van der Waals surface area contributed by atoms with Crippen molar-refractivity contribution in [3.63, 3.8) is 0 Å². The summed E-state index contributed by atoms with van der Waals surface area (Å²) in [5.74, 6) is -0.292. The van der Waals surface area contributed by atoms with E-state index in [9.17, 15) is 9.18 Å². The van der Waals surface area contributed by atoms with E-state index in [1.54, 1.807) is 18.2 Å². The summed E-state index contributed by atoms with van der Waals surface area (Å²) in [5.41, 5.74) is 7.27. The van der Waals surface area contributed by atoms with Crippen LogP contribution < -0.4 is 21.1 Å². The molecule has 1 heterocycles. The number of para-hydroxylation sites is 1. The van der Waals surface area contributed by atoms with Gasteiger partial charge in [-0.1, -0.05) is 17.7 Å². The number of amides is 1. The predicted octanol–water partition coefficient (Wildman–Crippen LogP) is 3.14. The summed E-state index contributed by atoms with van der Waals surface area (Å²) in [6.07, 6.45) is 0. The van der Waals surface area contributed by atoms with Gasteiger partial charge in [0.15, 0.2) is 6.61 Å². The van der Waals surface area contributed by atoms with Crippen LogP contribution in [0.15, 0.2) is 30.3 Å². The van der Waals surface area contributed by atoms with E-state index in [1.807, 2.05) is 0 Å². The predicted molar refractivity (Wildman–Crippen MR) is 79.7 cm³/mol. The number of halogens is 2. The summed E-state index contributed by atoms with van der Waals surface area (Å²) in [6, 6.07) is 7.49. The monoisotopic (exact) mass is 307 g/mol. The Morgan fingerprint density at radius 2 is 2.19 bits per heavy atom. The van der Waals surface area contributed by atoms with Gasteiger partial charge in [0.2, 0.25) is 0 Å². The Balaban J connectivity index is 1.99. The molecule has 0 spiro atoms. The van der Waals surface area contributed by atoms with Crippen molar-refractivity contribution in [2.75, 3.05) is 23.0 Å². The highest BCUT2D eigenvalue weighted by atomic mass is 35.5. The lowest BCUT2D eigenvalue weighted by molar-refractivity contribution is -0.118. The molecule has 2 aromatic rings. The normalized spacial score (nSPS) is 13.1. The molecule has 0 radical (unpaired) electrons. The van der Waals surface area contributed by atoms with Gasteiger partial charge in [-0.25, -0.2) is 4.39 Å². The molecule has 0 atom stereocenters. The second-order valence-electron chi connectivity index (χ2n) is 4.49. The molecular weight excluding hydrogens is 297 g/mol. The van der Waals surface area contributed by atoms with Crippen molar-refractivity contribution in [2.45, 2.75) is 0 Å². The van der Waals surface area contributed by atoms with E-state index >= 15 is 0 Å². The van der Waals surface area contributed by atoms with E-state index in [1.165, 1.54) is 12.1 Å². The van der Waals surface area contributed by atoms with Gasteiger partial charge in [-0.2, -0.15) is 0 Å². The van der Waals surface area contributed by atoms with Gasteiger partial charge >= 0.3 is 0 Å². The van der Waals surface area contributed by atoms with Gasteiger partial charge in [-0.15, -0.1) is 0 Å². The second-order valence-corrected chi connectivity index (χ2v) is 4.90. The molecule has 0 aliphatic carbocycles. The smallest absolute Gasteiger partial charge is 0.262 e. The molecule has 0 saturated carbocycles. The molecule has 7 heteroatoms. The first-order valence-corrected chi connectivity index (χ1v) is 6.49. The molecular formula is C14H11ClFN3O2. The maximum Gasteiger partial charge on any atom is 0.262 e. The summed E-state index contributed by atoms with van der Waals surface area (Å²) in [7, 11) is 0. The number of hydrogen-bond acceptors (Lipinski definition) is 4. The maximum atomic E-state index is 13.8. The van der Waals surface area contributed by atoms with Crippen LogP contribution in [0, 0.1) is 5.82 Å². The van der Waals surface area contributed by atoms with Crippen LogP contribution in [0.3, 0.4) is 0 Å².